The molecule has 1 aliphatic heterocycles. The third-order valence-electron chi connectivity index (χ3n) is 2.91. The van der Waals surface area contributed by atoms with Crippen molar-refractivity contribution < 1.29 is 9.90 Å². The van der Waals surface area contributed by atoms with Crippen molar-refractivity contribution in [3.63, 3.8) is 0 Å². The summed E-state index contributed by atoms with van der Waals surface area (Å²) in [6.07, 6.45) is 5.55. The second-order valence-corrected chi connectivity index (χ2v) is 4.08. The van der Waals surface area contributed by atoms with Gasteiger partial charge in [0.25, 0.3) is 0 Å². The molecule has 1 N–H and O–H groups in total. The van der Waals surface area contributed by atoms with Gasteiger partial charge in [-0.05, 0) is 24.8 Å². The van der Waals surface area contributed by atoms with Gasteiger partial charge in [-0.15, -0.1) is 0 Å². The Kier molecular flexibility index (Phi) is 3.34. The van der Waals surface area contributed by atoms with Crippen molar-refractivity contribution in [2.75, 3.05) is 18.0 Å². The van der Waals surface area contributed by atoms with Crippen LogP contribution in [-0.4, -0.2) is 34.1 Å². The van der Waals surface area contributed by atoms with Crippen LogP contribution < -0.4 is 4.90 Å². The summed E-state index contributed by atoms with van der Waals surface area (Å²) < 4.78 is 0. The Bertz CT molecular complexity index is 348. The van der Waals surface area contributed by atoms with Gasteiger partial charge < -0.3 is 10.0 Å². The third-order valence-corrected chi connectivity index (χ3v) is 2.91. The molecule has 0 saturated carbocycles. The first kappa shape index (κ1) is 10.9. The molecule has 0 radical (unpaired) electrons. The molecule has 1 fully saturated rings. The quantitative estimate of drug-likeness (QED) is 0.829. The zero-order chi connectivity index (χ0) is 11.4. The number of hydrogen-bond donors (Lipinski definition) is 1. The van der Waals surface area contributed by atoms with Crippen LogP contribution in [0.1, 0.15) is 19.3 Å². The number of piperidine rings is 1. The molecule has 1 aromatic heterocycles. The van der Waals surface area contributed by atoms with Crippen LogP contribution in [0.15, 0.2) is 18.5 Å². The predicted octanol–water partition coefficient (Wildman–Crippen LogP) is 1.17. The Hall–Kier alpha value is -1.65. The molecular weight excluding hydrogens is 206 g/mol. The first-order valence-electron chi connectivity index (χ1n) is 5.49. The van der Waals surface area contributed by atoms with Crippen molar-refractivity contribution in [3.8, 4) is 0 Å². The highest BCUT2D eigenvalue weighted by Crippen LogP contribution is 2.22. The summed E-state index contributed by atoms with van der Waals surface area (Å²) in [6.45, 7) is 1.70. The highest BCUT2D eigenvalue weighted by molar-refractivity contribution is 5.67. The third kappa shape index (κ3) is 2.68. The van der Waals surface area contributed by atoms with E-state index >= 15 is 0 Å². The first-order chi connectivity index (χ1) is 7.75. The van der Waals surface area contributed by atoms with Crippen molar-refractivity contribution in [1.82, 2.24) is 9.97 Å². The minimum absolute atomic E-state index is 0.281. The Morgan fingerprint density at radius 2 is 2.00 bits per heavy atom. The highest BCUT2D eigenvalue weighted by Gasteiger charge is 2.22. The minimum atomic E-state index is -0.700. The summed E-state index contributed by atoms with van der Waals surface area (Å²) in [7, 11) is 0. The molecule has 1 aromatic rings. The van der Waals surface area contributed by atoms with E-state index in [2.05, 4.69) is 14.9 Å². The summed E-state index contributed by atoms with van der Waals surface area (Å²) >= 11 is 0. The van der Waals surface area contributed by atoms with E-state index in [1.807, 2.05) is 0 Å². The molecule has 0 atom stereocenters. The number of hydrogen-bond acceptors (Lipinski definition) is 4. The topological polar surface area (TPSA) is 66.3 Å². The molecule has 1 saturated heterocycles. The van der Waals surface area contributed by atoms with Crippen LogP contribution in [0, 0.1) is 5.92 Å². The van der Waals surface area contributed by atoms with Gasteiger partial charge in [-0.1, -0.05) is 0 Å². The van der Waals surface area contributed by atoms with E-state index in [1.165, 1.54) is 0 Å². The normalized spacial score (nSPS) is 17.4. The molecule has 5 heteroatoms. The van der Waals surface area contributed by atoms with E-state index in [0.717, 1.165) is 31.9 Å². The highest BCUT2D eigenvalue weighted by atomic mass is 16.4. The molecule has 2 rings (SSSR count). The molecule has 0 spiro atoms. The minimum Gasteiger partial charge on any atom is -0.481 e. The Labute approximate surface area is 94.1 Å². The van der Waals surface area contributed by atoms with E-state index in [4.69, 9.17) is 5.11 Å². The number of carboxylic acids is 1. The predicted molar refractivity (Wildman–Crippen MR) is 59.2 cm³/mol. The van der Waals surface area contributed by atoms with Crippen LogP contribution in [0.4, 0.5) is 5.95 Å². The number of rotatable bonds is 3. The van der Waals surface area contributed by atoms with E-state index in [0.29, 0.717) is 5.92 Å². The van der Waals surface area contributed by atoms with Gasteiger partial charge in [0.05, 0.1) is 0 Å². The van der Waals surface area contributed by atoms with Crippen LogP contribution in [0.2, 0.25) is 0 Å². The molecule has 86 valence electrons. The average molecular weight is 221 g/mol. The maximum atomic E-state index is 10.6. The maximum Gasteiger partial charge on any atom is 0.303 e. The number of anilines is 1. The summed E-state index contributed by atoms with van der Waals surface area (Å²) in [6, 6.07) is 1.79. The van der Waals surface area contributed by atoms with Gasteiger partial charge >= 0.3 is 5.97 Å². The SMILES string of the molecule is O=C(O)CC1CCN(c2ncccn2)CC1. The lowest BCUT2D eigenvalue weighted by molar-refractivity contribution is -0.138. The lowest BCUT2D eigenvalue weighted by Gasteiger charge is -2.31. The molecule has 0 amide bonds. The van der Waals surface area contributed by atoms with Gasteiger partial charge in [0, 0.05) is 31.9 Å². The van der Waals surface area contributed by atoms with Crippen LogP contribution in [0.5, 0.6) is 0 Å². The van der Waals surface area contributed by atoms with Gasteiger partial charge in [0.1, 0.15) is 0 Å². The van der Waals surface area contributed by atoms with Crippen molar-refractivity contribution in [2.45, 2.75) is 19.3 Å². The summed E-state index contributed by atoms with van der Waals surface area (Å²) in [4.78, 5) is 21.1. The summed E-state index contributed by atoms with van der Waals surface area (Å²) in [5.74, 6) is 0.350. The zero-order valence-electron chi connectivity index (χ0n) is 9.04. The number of nitrogens with zero attached hydrogens (tertiary/aromatic N) is 3. The van der Waals surface area contributed by atoms with Gasteiger partial charge in [-0.3, -0.25) is 4.79 Å². The van der Waals surface area contributed by atoms with Crippen LogP contribution >= 0.6 is 0 Å². The average Bonchev–Trinajstić information content (AvgIpc) is 2.30. The molecule has 5 nitrogen and oxygen atoms in total. The number of aromatic nitrogens is 2. The van der Waals surface area contributed by atoms with E-state index < -0.39 is 5.97 Å². The van der Waals surface area contributed by atoms with Crippen molar-refractivity contribution in [2.24, 2.45) is 5.92 Å². The standard InChI is InChI=1S/C11H15N3O2/c15-10(16)8-9-2-6-14(7-3-9)11-12-4-1-5-13-11/h1,4-5,9H,2-3,6-8H2,(H,15,16). The lowest BCUT2D eigenvalue weighted by atomic mass is 9.94. The monoisotopic (exact) mass is 221 g/mol. The van der Waals surface area contributed by atoms with Gasteiger partial charge in [-0.2, -0.15) is 0 Å². The Morgan fingerprint density at radius 1 is 1.38 bits per heavy atom. The first-order valence-corrected chi connectivity index (χ1v) is 5.49. The second-order valence-electron chi connectivity index (χ2n) is 4.08. The van der Waals surface area contributed by atoms with E-state index in [9.17, 15) is 4.79 Å². The molecule has 2 heterocycles. The van der Waals surface area contributed by atoms with Gasteiger partial charge in [-0.25, -0.2) is 9.97 Å². The summed E-state index contributed by atoms with van der Waals surface area (Å²) in [5.41, 5.74) is 0. The van der Waals surface area contributed by atoms with Crippen molar-refractivity contribution in [1.29, 1.82) is 0 Å². The molecule has 0 aromatic carbocycles. The summed E-state index contributed by atoms with van der Waals surface area (Å²) in [5, 5.41) is 8.71. The van der Waals surface area contributed by atoms with Crippen molar-refractivity contribution in [3.05, 3.63) is 18.5 Å². The molecule has 1 aliphatic rings. The Balaban J connectivity index is 1.88. The van der Waals surface area contributed by atoms with Crippen molar-refractivity contribution >= 4 is 11.9 Å². The second kappa shape index (κ2) is 4.92. The molecule has 0 bridgehead atoms. The lowest BCUT2D eigenvalue weighted by Crippen LogP contribution is -2.35. The smallest absolute Gasteiger partial charge is 0.303 e. The Morgan fingerprint density at radius 3 is 2.56 bits per heavy atom. The fraction of sp³-hybridized carbons (Fsp3) is 0.545. The van der Waals surface area contributed by atoms with Crippen LogP contribution in [-0.2, 0) is 4.79 Å². The fourth-order valence-electron chi connectivity index (χ4n) is 2.04. The number of aliphatic carboxylic acids is 1. The number of carboxylic acid groups (broad SMARTS) is 1. The molecule has 0 unspecified atom stereocenters. The molecular formula is C11H15N3O2. The van der Waals surface area contributed by atoms with Crippen LogP contribution in [0.3, 0.4) is 0 Å². The van der Waals surface area contributed by atoms with E-state index in [-0.39, 0.29) is 6.42 Å². The van der Waals surface area contributed by atoms with E-state index in [1.54, 1.807) is 18.5 Å². The largest absolute Gasteiger partial charge is 0.481 e. The number of carbonyl (C=O) groups is 1. The fourth-order valence-corrected chi connectivity index (χ4v) is 2.04. The van der Waals surface area contributed by atoms with Crippen LogP contribution in [0.25, 0.3) is 0 Å². The van der Waals surface area contributed by atoms with Gasteiger partial charge in [0.2, 0.25) is 5.95 Å². The maximum absolute atomic E-state index is 10.6. The zero-order valence-corrected chi connectivity index (χ0v) is 9.04. The molecule has 0 aliphatic carbocycles. The molecule has 16 heavy (non-hydrogen) atoms. The van der Waals surface area contributed by atoms with Gasteiger partial charge in [0.15, 0.2) is 0 Å².